The zero-order valence-electron chi connectivity index (χ0n) is 17.2. The number of hydrogen-bond donors (Lipinski definition) is 1. The fraction of sp³-hybridized carbons (Fsp3) is 0.273. The Morgan fingerprint density at radius 3 is 2.71 bits per heavy atom. The summed E-state index contributed by atoms with van der Waals surface area (Å²) in [7, 11) is 1.60. The summed E-state index contributed by atoms with van der Waals surface area (Å²) in [4.78, 5) is 26.9. The summed E-state index contributed by atoms with van der Waals surface area (Å²) < 4.78 is 10.7. The molecule has 0 saturated carbocycles. The van der Waals surface area contributed by atoms with Gasteiger partial charge in [-0.05, 0) is 43.3 Å². The molecule has 160 valence electrons. The van der Waals surface area contributed by atoms with Crippen LogP contribution in [0.2, 0.25) is 0 Å². The van der Waals surface area contributed by atoms with Crippen molar-refractivity contribution in [3.05, 3.63) is 59.1 Å². The SMILES string of the molecule is CCOc1ccccc1C(=O)Nc1nnc([C@H]2CC(=O)N(c3ccc(OC)cc3)C2)s1. The lowest BCUT2D eigenvalue weighted by atomic mass is 10.1. The molecule has 1 atom stereocenters. The molecular weight excluding hydrogens is 416 g/mol. The van der Waals surface area contributed by atoms with E-state index < -0.39 is 0 Å². The minimum absolute atomic E-state index is 0.0293. The third-order valence-electron chi connectivity index (χ3n) is 4.95. The van der Waals surface area contributed by atoms with Crippen LogP contribution in [0.25, 0.3) is 0 Å². The summed E-state index contributed by atoms with van der Waals surface area (Å²) in [6.45, 7) is 2.85. The summed E-state index contributed by atoms with van der Waals surface area (Å²) >= 11 is 1.28. The van der Waals surface area contributed by atoms with Crippen LogP contribution in [0.3, 0.4) is 0 Å². The molecule has 0 radical (unpaired) electrons. The third kappa shape index (κ3) is 4.51. The number of nitrogens with zero attached hydrogens (tertiary/aromatic N) is 3. The first-order valence-corrected chi connectivity index (χ1v) is 10.7. The molecule has 9 heteroatoms. The summed E-state index contributed by atoms with van der Waals surface area (Å²) in [6, 6.07) is 14.4. The predicted molar refractivity (Wildman–Crippen MR) is 118 cm³/mol. The minimum Gasteiger partial charge on any atom is -0.497 e. The minimum atomic E-state index is -0.311. The Morgan fingerprint density at radius 1 is 1.19 bits per heavy atom. The van der Waals surface area contributed by atoms with Crippen molar-refractivity contribution in [1.29, 1.82) is 0 Å². The van der Waals surface area contributed by atoms with Crippen LogP contribution in [-0.4, -0.2) is 42.3 Å². The quantitative estimate of drug-likeness (QED) is 0.604. The number of methoxy groups -OCH3 is 1. The Bertz CT molecular complexity index is 1080. The van der Waals surface area contributed by atoms with Crippen LogP contribution in [-0.2, 0) is 4.79 Å². The fourth-order valence-corrected chi connectivity index (χ4v) is 4.26. The molecule has 1 N–H and O–H groups in total. The van der Waals surface area contributed by atoms with E-state index in [2.05, 4.69) is 15.5 Å². The van der Waals surface area contributed by atoms with Crippen LogP contribution in [0.5, 0.6) is 11.5 Å². The number of benzene rings is 2. The molecule has 31 heavy (non-hydrogen) atoms. The van der Waals surface area contributed by atoms with Gasteiger partial charge >= 0.3 is 0 Å². The zero-order chi connectivity index (χ0) is 21.8. The van der Waals surface area contributed by atoms with Gasteiger partial charge in [0.05, 0.1) is 19.3 Å². The van der Waals surface area contributed by atoms with E-state index in [-0.39, 0.29) is 17.7 Å². The first-order chi connectivity index (χ1) is 15.1. The second-order valence-electron chi connectivity index (χ2n) is 6.93. The summed E-state index contributed by atoms with van der Waals surface area (Å²) in [6.07, 6.45) is 0.349. The number of rotatable bonds is 7. The highest BCUT2D eigenvalue weighted by molar-refractivity contribution is 7.15. The zero-order valence-corrected chi connectivity index (χ0v) is 18.0. The molecule has 1 aliphatic heterocycles. The maximum atomic E-state index is 12.7. The van der Waals surface area contributed by atoms with Gasteiger partial charge in [-0.1, -0.05) is 23.5 Å². The molecule has 8 nitrogen and oxygen atoms in total. The number of carbonyl (C=O) groups is 2. The number of carbonyl (C=O) groups excluding carboxylic acids is 2. The van der Waals surface area contributed by atoms with Crippen molar-refractivity contribution < 1.29 is 19.1 Å². The molecule has 0 aliphatic carbocycles. The number of nitrogens with one attached hydrogen (secondary N) is 1. The molecule has 0 spiro atoms. The van der Waals surface area contributed by atoms with E-state index in [1.807, 2.05) is 37.3 Å². The molecular formula is C22H22N4O4S. The second-order valence-corrected chi connectivity index (χ2v) is 7.94. The Hall–Kier alpha value is -3.46. The maximum absolute atomic E-state index is 12.7. The van der Waals surface area contributed by atoms with E-state index in [1.165, 1.54) is 11.3 Å². The highest BCUT2D eigenvalue weighted by Gasteiger charge is 2.34. The molecule has 1 fully saturated rings. The summed E-state index contributed by atoms with van der Waals surface area (Å²) in [5, 5.41) is 12.2. The molecule has 3 aromatic rings. The van der Waals surface area contributed by atoms with Crippen molar-refractivity contribution in [2.75, 3.05) is 30.5 Å². The van der Waals surface area contributed by atoms with Crippen molar-refractivity contribution in [2.24, 2.45) is 0 Å². The van der Waals surface area contributed by atoms with Crippen LogP contribution in [0.4, 0.5) is 10.8 Å². The van der Waals surface area contributed by atoms with E-state index in [4.69, 9.17) is 9.47 Å². The number of hydrogen-bond acceptors (Lipinski definition) is 7. The largest absolute Gasteiger partial charge is 0.497 e. The molecule has 0 bridgehead atoms. The van der Waals surface area contributed by atoms with Gasteiger partial charge < -0.3 is 14.4 Å². The Kier molecular flexibility index (Phi) is 6.13. The highest BCUT2D eigenvalue weighted by Crippen LogP contribution is 2.35. The molecule has 2 aromatic carbocycles. The number of anilines is 2. The van der Waals surface area contributed by atoms with Gasteiger partial charge in [0.25, 0.3) is 5.91 Å². The second kappa shape index (κ2) is 9.13. The molecule has 0 unspecified atom stereocenters. The van der Waals surface area contributed by atoms with Crippen molar-refractivity contribution in [2.45, 2.75) is 19.3 Å². The summed E-state index contributed by atoms with van der Waals surface area (Å²) in [5.74, 6) is 0.898. The lowest BCUT2D eigenvalue weighted by molar-refractivity contribution is -0.117. The molecule has 1 aliphatic rings. The molecule has 2 amide bonds. The van der Waals surface area contributed by atoms with Gasteiger partial charge in [-0.15, -0.1) is 10.2 Å². The van der Waals surface area contributed by atoms with Gasteiger partial charge in [0.15, 0.2) is 0 Å². The molecule has 4 rings (SSSR count). The number of para-hydroxylation sites is 1. The standard InChI is InChI=1S/C22H22N4O4S/c1-3-30-18-7-5-4-6-17(18)20(28)23-22-25-24-21(31-22)14-12-19(27)26(13-14)15-8-10-16(29-2)11-9-15/h4-11,14H,3,12-13H2,1-2H3,(H,23,25,28)/t14-/m0/s1. The van der Waals surface area contributed by atoms with Gasteiger partial charge in [-0.2, -0.15) is 0 Å². The smallest absolute Gasteiger partial charge is 0.261 e. The highest BCUT2D eigenvalue weighted by atomic mass is 32.1. The average Bonchev–Trinajstić information content (AvgIpc) is 3.41. The fourth-order valence-electron chi connectivity index (χ4n) is 3.43. The van der Waals surface area contributed by atoms with Crippen LogP contribution in [0.15, 0.2) is 48.5 Å². The third-order valence-corrected chi connectivity index (χ3v) is 5.95. The first-order valence-electron chi connectivity index (χ1n) is 9.90. The van der Waals surface area contributed by atoms with Crippen molar-refractivity contribution in [1.82, 2.24) is 10.2 Å². The van der Waals surface area contributed by atoms with Crippen molar-refractivity contribution >= 4 is 34.0 Å². The van der Waals surface area contributed by atoms with Crippen LogP contribution in [0, 0.1) is 0 Å². The Morgan fingerprint density at radius 2 is 1.97 bits per heavy atom. The Labute approximate surface area is 183 Å². The van der Waals surface area contributed by atoms with E-state index in [0.717, 1.165) is 16.4 Å². The Balaban J connectivity index is 1.44. The lowest BCUT2D eigenvalue weighted by Gasteiger charge is -2.16. The monoisotopic (exact) mass is 438 g/mol. The molecule has 1 saturated heterocycles. The van der Waals surface area contributed by atoms with E-state index in [0.29, 0.717) is 36.0 Å². The first kappa shape index (κ1) is 20.8. The van der Waals surface area contributed by atoms with Gasteiger partial charge in [0, 0.05) is 24.6 Å². The van der Waals surface area contributed by atoms with Crippen LogP contribution >= 0.6 is 11.3 Å². The van der Waals surface area contributed by atoms with Gasteiger partial charge in [0.1, 0.15) is 16.5 Å². The number of amides is 2. The number of aromatic nitrogens is 2. The summed E-state index contributed by atoms with van der Waals surface area (Å²) in [5.41, 5.74) is 1.25. The van der Waals surface area contributed by atoms with Crippen molar-refractivity contribution in [3.63, 3.8) is 0 Å². The predicted octanol–water partition coefficient (Wildman–Crippen LogP) is 3.72. The van der Waals surface area contributed by atoms with Crippen LogP contribution < -0.4 is 19.7 Å². The van der Waals surface area contributed by atoms with Gasteiger partial charge in [-0.25, -0.2) is 0 Å². The van der Waals surface area contributed by atoms with Gasteiger partial charge in [0.2, 0.25) is 11.0 Å². The maximum Gasteiger partial charge on any atom is 0.261 e. The normalized spacial score (nSPS) is 15.7. The molecule has 1 aromatic heterocycles. The topological polar surface area (TPSA) is 93.7 Å². The van der Waals surface area contributed by atoms with Crippen molar-refractivity contribution in [3.8, 4) is 11.5 Å². The number of ether oxygens (including phenoxy) is 2. The average molecular weight is 439 g/mol. The van der Waals surface area contributed by atoms with E-state index in [1.54, 1.807) is 30.2 Å². The van der Waals surface area contributed by atoms with E-state index >= 15 is 0 Å². The van der Waals surface area contributed by atoms with E-state index in [9.17, 15) is 9.59 Å². The van der Waals surface area contributed by atoms with Gasteiger partial charge in [-0.3, -0.25) is 14.9 Å². The molecule has 2 heterocycles. The van der Waals surface area contributed by atoms with Crippen LogP contribution in [0.1, 0.15) is 34.6 Å². The lowest BCUT2D eigenvalue weighted by Crippen LogP contribution is -2.24.